The van der Waals surface area contributed by atoms with Crippen LogP contribution in [-0.2, 0) is 6.42 Å². The summed E-state index contributed by atoms with van der Waals surface area (Å²) < 4.78 is 13.2. The molecule has 21 heavy (non-hydrogen) atoms. The third kappa shape index (κ3) is 3.82. The molecule has 0 spiro atoms. The van der Waals surface area contributed by atoms with E-state index in [0.717, 1.165) is 30.8 Å². The Labute approximate surface area is 128 Å². The van der Waals surface area contributed by atoms with Crippen LogP contribution in [0.5, 0.6) is 0 Å². The van der Waals surface area contributed by atoms with Crippen molar-refractivity contribution in [1.82, 2.24) is 9.97 Å². The Morgan fingerprint density at radius 1 is 1.19 bits per heavy atom. The standard InChI is InChI=1S/C15H18ClFN4/c1-3-7-18-14-11(4-2)15(20-9-19-14)21-10-5-6-13(17)12(16)8-10/h5-6,8-9H,3-4,7H2,1-2H3,(H2,18,19,20,21). The maximum Gasteiger partial charge on any atom is 0.141 e. The summed E-state index contributed by atoms with van der Waals surface area (Å²) in [4.78, 5) is 8.54. The predicted octanol–water partition coefficient (Wildman–Crippen LogP) is 4.40. The van der Waals surface area contributed by atoms with Gasteiger partial charge in [-0.25, -0.2) is 14.4 Å². The second-order valence-corrected chi connectivity index (χ2v) is 4.99. The molecule has 0 aliphatic carbocycles. The van der Waals surface area contributed by atoms with E-state index in [1.807, 2.05) is 6.92 Å². The smallest absolute Gasteiger partial charge is 0.141 e. The molecule has 0 fully saturated rings. The van der Waals surface area contributed by atoms with E-state index in [2.05, 4.69) is 27.5 Å². The minimum absolute atomic E-state index is 0.0800. The Morgan fingerprint density at radius 2 is 1.95 bits per heavy atom. The van der Waals surface area contributed by atoms with Crippen molar-refractivity contribution in [1.29, 1.82) is 0 Å². The van der Waals surface area contributed by atoms with E-state index < -0.39 is 5.82 Å². The molecule has 6 heteroatoms. The van der Waals surface area contributed by atoms with E-state index in [4.69, 9.17) is 11.6 Å². The fourth-order valence-electron chi connectivity index (χ4n) is 1.96. The second kappa shape index (κ2) is 7.22. The van der Waals surface area contributed by atoms with Crippen LogP contribution in [0.1, 0.15) is 25.8 Å². The number of hydrogen-bond donors (Lipinski definition) is 2. The van der Waals surface area contributed by atoms with Crippen LogP contribution < -0.4 is 10.6 Å². The molecule has 1 heterocycles. The number of hydrogen-bond acceptors (Lipinski definition) is 4. The lowest BCUT2D eigenvalue weighted by atomic mass is 10.2. The van der Waals surface area contributed by atoms with Crippen molar-refractivity contribution < 1.29 is 4.39 Å². The van der Waals surface area contributed by atoms with Gasteiger partial charge in [0, 0.05) is 17.8 Å². The average Bonchev–Trinajstić information content (AvgIpc) is 2.49. The molecule has 0 aliphatic rings. The summed E-state index contributed by atoms with van der Waals surface area (Å²) in [5.74, 6) is 1.09. The van der Waals surface area contributed by atoms with Crippen molar-refractivity contribution in [2.45, 2.75) is 26.7 Å². The molecule has 1 aromatic carbocycles. The molecule has 2 rings (SSSR count). The molecule has 0 bridgehead atoms. The number of halogens is 2. The Bertz CT molecular complexity index is 619. The van der Waals surface area contributed by atoms with E-state index in [0.29, 0.717) is 11.5 Å². The fourth-order valence-corrected chi connectivity index (χ4v) is 2.14. The lowest BCUT2D eigenvalue weighted by molar-refractivity contribution is 0.628. The van der Waals surface area contributed by atoms with Crippen LogP contribution in [0.4, 0.5) is 21.7 Å². The zero-order valence-corrected chi connectivity index (χ0v) is 12.8. The van der Waals surface area contributed by atoms with Crippen molar-refractivity contribution in [3.63, 3.8) is 0 Å². The number of nitrogens with zero attached hydrogens (tertiary/aromatic N) is 2. The lowest BCUT2D eigenvalue weighted by Gasteiger charge is -2.14. The number of benzene rings is 1. The van der Waals surface area contributed by atoms with Crippen molar-refractivity contribution in [3.05, 3.63) is 40.9 Å². The molecule has 0 atom stereocenters. The molecule has 0 saturated heterocycles. The summed E-state index contributed by atoms with van der Waals surface area (Å²) >= 11 is 5.79. The molecule has 0 amide bonds. The summed E-state index contributed by atoms with van der Waals surface area (Å²) in [6.07, 6.45) is 3.30. The fraction of sp³-hybridized carbons (Fsp3) is 0.333. The first kappa shape index (κ1) is 15.5. The zero-order valence-electron chi connectivity index (χ0n) is 12.1. The van der Waals surface area contributed by atoms with E-state index in [1.165, 1.54) is 18.5 Å². The van der Waals surface area contributed by atoms with Gasteiger partial charge in [-0.2, -0.15) is 0 Å². The van der Waals surface area contributed by atoms with E-state index >= 15 is 0 Å². The Morgan fingerprint density at radius 3 is 2.62 bits per heavy atom. The third-order valence-corrected chi connectivity index (χ3v) is 3.31. The summed E-state index contributed by atoms with van der Waals surface area (Å²) in [7, 11) is 0. The van der Waals surface area contributed by atoms with Gasteiger partial charge < -0.3 is 10.6 Å². The Hall–Kier alpha value is -1.88. The van der Waals surface area contributed by atoms with E-state index in [9.17, 15) is 4.39 Å². The Balaban J connectivity index is 2.28. The highest BCUT2D eigenvalue weighted by molar-refractivity contribution is 6.31. The molecular weight excluding hydrogens is 291 g/mol. The minimum atomic E-state index is -0.439. The normalized spacial score (nSPS) is 10.5. The van der Waals surface area contributed by atoms with Gasteiger partial charge in [0.2, 0.25) is 0 Å². The van der Waals surface area contributed by atoms with Gasteiger partial charge in [-0.15, -0.1) is 0 Å². The highest BCUT2D eigenvalue weighted by atomic mass is 35.5. The highest BCUT2D eigenvalue weighted by Gasteiger charge is 2.10. The lowest BCUT2D eigenvalue weighted by Crippen LogP contribution is -2.08. The van der Waals surface area contributed by atoms with Gasteiger partial charge in [0.25, 0.3) is 0 Å². The topological polar surface area (TPSA) is 49.8 Å². The molecule has 2 N–H and O–H groups in total. The van der Waals surface area contributed by atoms with Crippen LogP contribution in [0.25, 0.3) is 0 Å². The molecular formula is C15H18ClFN4. The monoisotopic (exact) mass is 308 g/mol. The van der Waals surface area contributed by atoms with Crippen LogP contribution in [0.2, 0.25) is 5.02 Å². The van der Waals surface area contributed by atoms with E-state index in [-0.39, 0.29) is 5.02 Å². The molecule has 2 aromatic rings. The van der Waals surface area contributed by atoms with Gasteiger partial charge >= 0.3 is 0 Å². The van der Waals surface area contributed by atoms with Gasteiger partial charge in [-0.3, -0.25) is 0 Å². The first-order valence-corrected chi connectivity index (χ1v) is 7.33. The highest BCUT2D eigenvalue weighted by Crippen LogP contribution is 2.26. The molecule has 4 nitrogen and oxygen atoms in total. The molecule has 0 radical (unpaired) electrons. The van der Waals surface area contributed by atoms with Crippen LogP contribution in [0.3, 0.4) is 0 Å². The van der Waals surface area contributed by atoms with Crippen LogP contribution in [0, 0.1) is 5.82 Å². The molecule has 0 aliphatic heterocycles. The number of nitrogens with one attached hydrogen (secondary N) is 2. The zero-order chi connectivity index (χ0) is 15.2. The van der Waals surface area contributed by atoms with E-state index in [1.54, 1.807) is 6.07 Å². The quantitative estimate of drug-likeness (QED) is 0.830. The average molecular weight is 309 g/mol. The number of rotatable bonds is 6. The summed E-state index contributed by atoms with van der Waals surface area (Å²) in [6, 6.07) is 4.49. The molecule has 0 unspecified atom stereocenters. The van der Waals surface area contributed by atoms with Gasteiger partial charge in [0.05, 0.1) is 5.02 Å². The predicted molar refractivity (Wildman–Crippen MR) is 84.9 cm³/mol. The number of anilines is 3. The Kier molecular flexibility index (Phi) is 5.33. The maximum atomic E-state index is 13.2. The largest absolute Gasteiger partial charge is 0.370 e. The first-order valence-electron chi connectivity index (χ1n) is 6.95. The van der Waals surface area contributed by atoms with Crippen LogP contribution in [0.15, 0.2) is 24.5 Å². The van der Waals surface area contributed by atoms with Crippen molar-refractivity contribution in [2.24, 2.45) is 0 Å². The van der Waals surface area contributed by atoms with Crippen LogP contribution >= 0.6 is 11.6 Å². The van der Waals surface area contributed by atoms with Gasteiger partial charge in [0.15, 0.2) is 0 Å². The number of aromatic nitrogens is 2. The SMILES string of the molecule is CCCNc1ncnc(Nc2ccc(F)c(Cl)c2)c1CC. The summed E-state index contributed by atoms with van der Waals surface area (Å²) in [5.41, 5.74) is 1.68. The van der Waals surface area contributed by atoms with Crippen molar-refractivity contribution in [3.8, 4) is 0 Å². The minimum Gasteiger partial charge on any atom is -0.370 e. The van der Waals surface area contributed by atoms with Crippen molar-refractivity contribution in [2.75, 3.05) is 17.2 Å². The van der Waals surface area contributed by atoms with Crippen LogP contribution in [-0.4, -0.2) is 16.5 Å². The third-order valence-electron chi connectivity index (χ3n) is 3.02. The molecule has 1 aromatic heterocycles. The van der Waals surface area contributed by atoms with Gasteiger partial charge in [-0.1, -0.05) is 25.4 Å². The van der Waals surface area contributed by atoms with Gasteiger partial charge in [0.1, 0.15) is 23.8 Å². The maximum absolute atomic E-state index is 13.2. The molecule has 0 saturated carbocycles. The van der Waals surface area contributed by atoms with Crippen molar-refractivity contribution >= 4 is 28.9 Å². The first-order chi connectivity index (χ1) is 10.2. The second-order valence-electron chi connectivity index (χ2n) is 4.58. The van der Waals surface area contributed by atoms with Gasteiger partial charge in [-0.05, 0) is 31.0 Å². The summed E-state index contributed by atoms with van der Waals surface area (Å²) in [6.45, 7) is 4.99. The molecule has 112 valence electrons. The summed E-state index contributed by atoms with van der Waals surface area (Å²) in [5, 5.41) is 6.53.